The molecule has 0 aromatic carbocycles. The maximum absolute atomic E-state index is 5.34. The van der Waals surface area contributed by atoms with Gasteiger partial charge in [-0.1, -0.05) is 26.1 Å². The van der Waals surface area contributed by atoms with Crippen LogP contribution in [0.15, 0.2) is 0 Å². The SMILES string of the molecule is CCc1[nH]c(C(CC)OC)nc(=S)c1C. The normalized spacial score (nSPS) is 12.8. The second kappa shape index (κ2) is 5.37. The van der Waals surface area contributed by atoms with Gasteiger partial charge in [-0.15, -0.1) is 0 Å². The molecule has 1 aromatic heterocycles. The van der Waals surface area contributed by atoms with Gasteiger partial charge in [0.15, 0.2) is 0 Å². The first-order valence-electron chi connectivity index (χ1n) is 5.26. The lowest BCUT2D eigenvalue weighted by Gasteiger charge is -2.14. The number of aryl methyl sites for hydroxylation is 1. The van der Waals surface area contributed by atoms with Crippen LogP contribution >= 0.6 is 12.2 Å². The highest BCUT2D eigenvalue weighted by Gasteiger charge is 2.12. The maximum Gasteiger partial charge on any atom is 0.137 e. The van der Waals surface area contributed by atoms with Crippen LogP contribution in [0.1, 0.15) is 43.5 Å². The van der Waals surface area contributed by atoms with Crippen LogP contribution in [-0.4, -0.2) is 17.1 Å². The Kier molecular flexibility index (Phi) is 4.42. The van der Waals surface area contributed by atoms with E-state index in [1.54, 1.807) is 7.11 Å². The molecule has 1 N–H and O–H groups in total. The van der Waals surface area contributed by atoms with Gasteiger partial charge in [0.1, 0.15) is 16.6 Å². The molecule has 84 valence electrons. The molecule has 0 saturated heterocycles. The van der Waals surface area contributed by atoms with E-state index in [0.29, 0.717) is 4.64 Å². The number of nitrogens with zero attached hydrogens (tertiary/aromatic N) is 1. The quantitative estimate of drug-likeness (QED) is 0.802. The Balaban J connectivity index is 3.21. The topological polar surface area (TPSA) is 37.9 Å². The number of aromatic amines is 1. The minimum Gasteiger partial charge on any atom is -0.374 e. The van der Waals surface area contributed by atoms with Gasteiger partial charge in [0.25, 0.3) is 0 Å². The molecular formula is C11H18N2OS. The first-order chi connectivity index (χ1) is 7.13. The van der Waals surface area contributed by atoms with Gasteiger partial charge >= 0.3 is 0 Å². The lowest BCUT2D eigenvalue weighted by molar-refractivity contribution is 0.0922. The molecule has 0 spiro atoms. The summed E-state index contributed by atoms with van der Waals surface area (Å²) in [6, 6.07) is 0. The number of aromatic nitrogens is 2. The van der Waals surface area contributed by atoms with Gasteiger partial charge in [-0.05, 0) is 19.8 Å². The van der Waals surface area contributed by atoms with E-state index in [0.717, 1.165) is 29.9 Å². The average molecular weight is 226 g/mol. The summed E-state index contributed by atoms with van der Waals surface area (Å²) in [5.74, 6) is 0.840. The zero-order valence-electron chi connectivity index (χ0n) is 9.76. The first kappa shape index (κ1) is 12.3. The first-order valence-corrected chi connectivity index (χ1v) is 5.67. The van der Waals surface area contributed by atoms with E-state index >= 15 is 0 Å². The van der Waals surface area contributed by atoms with E-state index < -0.39 is 0 Å². The number of ether oxygens (including phenoxy) is 1. The van der Waals surface area contributed by atoms with Crippen LogP contribution < -0.4 is 0 Å². The third-order valence-corrected chi connectivity index (χ3v) is 2.99. The number of hydrogen-bond donors (Lipinski definition) is 1. The van der Waals surface area contributed by atoms with Crippen molar-refractivity contribution in [1.82, 2.24) is 9.97 Å². The van der Waals surface area contributed by atoms with E-state index in [1.807, 2.05) is 6.92 Å². The highest BCUT2D eigenvalue weighted by Crippen LogP contribution is 2.18. The number of H-pyrrole nitrogens is 1. The summed E-state index contributed by atoms with van der Waals surface area (Å²) in [6.45, 7) is 6.17. The molecule has 0 aliphatic rings. The van der Waals surface area contributed by atoms with Crippen molar-refractivity contribution >= 4 is 12.2 Å². The summed E-state index contributed by atoms with van der Waals surface area (Å²) in [5, 5.41) is 0. The van der Waals surface area contributed by atoms with Crippen LogP contribution in [0.5, 0.6) is 0 Å². The minimum absolute atomic E-state index is 0.0117. The highest BCUT2D eigenvalue weighted by molar-refractivity contribution is 7.71. The Morgan fingerprint density at radius 2 is 2.13 bits per heavy atom. The van der Waals surface area contributed by atoms with E-state index in [-0.39, 0.29) is 6.10 Å². The van der Waals surface area contributed by atoms with Gasteiger partial charge in [-0.3, -0.25) is 0 Å². The van der Waals surface area contributed by atoms with Crippen molar-refractivity contribution in [2.45, 2.75) is 39.7 Å². The zero-order chi connectivity index (χ0) is 11.4. The second-order valence-electron chi connectivity index (χ2n) is 3.52. The van der Waals surface area contributed by atoms with Gasteiger partial charge < -0.3 is 9.72 Å². The zero-order valence-corrected chi connectivity index (χ0v) is 10.6. The second-order valence-corrected chi connectivity index (χ2v) is 3.90. The van der Waals surface area contributed by atoms with Gasteiger partial charge in [0, 0.05) is 18.4 Å². The van der Waals surface area contributed by atoms with Crippen LogP contribution in [0.25, 0.3) is 0 Å². The van der Waals surface area contributed by atoms with Gasteiger partial charge in [-0.2, -0.15) is 0 Å². The van der Waals surface area contributed by atoms with Crippen molar-refractivity contribution in [2.24, 2.45) is 0 Å². The summed E-state index contributed by atoms with van der Waals surface area (Å²) >= 11 is 5.22. The summed E-state index contributed by atoms with van der Waals surface area (Å²) in [7, 11) is 1.69. The molecule has 0 bridgehead atoms. The van der Waals surface area contributed by atoms with Gasteiger partial charge in [0.2, 0.25) is 0 Å². The fourth-order valence-electron chi connectivity index (χ4n) is 1.58. The van der Waals surface area contributed by atoms with E-state index in [1.165, 1.54) is 0 Å². The van der Waals surface area contributed by atoms with Crippen LogP contribution in [0.4, 0.5) is 0 Å². The Bertz CT molecular complexity index is 383. The van der Waals surface area contributed by atoms with Crippen LogP contribution in [-0.2, 0) is 11.2 Å². The number of rotatable bonds is 4. The molecule has 1 rings (SSSR count). The molecule has 1 unspecified atom stereocenters. The van der Waals surface area contributed by atoms with Crippen molar-refractivity contribution < 1.29 is 4.74 Å². The standard InChI is InChI=1S/C11H18N2OS/c1-5-8-7(3)11(15)13-10(12-8)9(6-2)14-4/h9H,5-6H2,1-4H3,(H,12,13,15). The molecule has 1 heterocycles. The number of methoxy groups -OCH3 is 1. The number of hydrogen-bond acceptors (Lipinski definition) is 3. The molecule has 0 aliphatic carbocycles. The molecule has 15 heavy (non-hydrogen) atoms. The fraction of sp³-hybridized carbons (Fsp3) is 0.636. The molecule has 0 amide bonds. The molecule has 0 fully saturated rings. The van der Waals surface area contributed by atoms with Crippen molar-refractivity contribution in [3.05, 3.63) is 21.7 Å². The van der Waals surface area contributed by atoms with Crippen molar-refractivity contribution in [1.29, 1.82) is 0 Å². The molecule has 1 atom stereocenters. The van der Waals surface area contributed by atoms with Crippen molar-refractivity contribution in [3.63, 3.8) is 0 Å². The summed E-state index contributed by atoms with van der Waals surface area (Å²) in [6.07, 6.45) is 1.84. The lowest BCUT2D eigenvalue weighted by atomic mass is 10.2. The van der Waals surface area contributed by atoms with Crippen LogP contribution in [0.2, 0.25) is 0 Å². The van der Waals surface area contributed by atoms with Crippen molar-refractivity contribution in [2.75, 3.05) is 7.11 Å². The molecule has 0 radical (unpaired) electrons. The van der Waals surface area contributed by atoms with Gasteiger partial charge in [-0.25, -0.2) is 4.98 Å². The number of nitrogens with one attached hydrogen (secondary N) is 1. The van der Waals surface area contributed by atoms with E-state index in [9.17, 15) is 0 Å². The fourth-order valence-corrected chi connectivity index (χ4v) is 1.80. The van der Waals surface area contributed by atoms with E-state index in [4.69, 9.17) is 17.0 Å². The third-order valence-electron chi connectivity index (χ3n) is 2.59. The van der Waals surface area contributed by atoms with Crippen LogP contribution in [0, 0.1) is 11.6 Å². The summed E-state index contributed by atoms with van der Waals surface area (Å²) in [5.41, 5.74) is 2.22. The van der Waals surface area contributed by atoms with Crippen molar-refractivity contribution in [3.8, 4) is 0 Å². The Morgan fingerprint density at radius 1 is 1.47 bits per heavy atom. The Labute approximate surface area is 95.9 Å². The molecule has 4 heteroatoms. The predicted octanol–water partition coefficient (Wildman–Crippen LogP) is 3.11. The highest BCUT2D eigenvalue weighted by atomic mass is 32.1. The van der Waals surface area contributed by atoms with Gasteiger partial charge in [0.05, 0.1) is 0 Å². The molecule has 0 aliphatic heterocycles. The molecule has 0 saturated carbocycles. The predicted molar refractivity (Wildman–Crippen MR) is 63.6 cm³/mol. The summed E-state index contributed by atoms with van der Waals surface area (Å²) in [4.78, 5) is 7.66. The molecular weight excluding hydrogens is 208 g/mol. The summed E-state index contributed by atoms with van der Waals surface area (Å²) < 4.78 is 6.02. The van der Waals surface area contributed by atoms with Crippen LogP contribution in [0.3, 0.4) is 0 Å². The largest absolute Gasteiger partial charge is 0.374 e. The third kappa shape index (κ3) is 2.63. The monoisotopic (exact) mass is 226 g/mol. The molecule has 3 nitrogen and oxygen atoms in total. The lowest BCUT2D eigenvalue weighted by Crippen LogP contribution is -2.09. The Morgan fingerprint density at radius 3 is 2.60 bits per heavy atom. The minimum atomic E-state index is 0.0117. The molecule has 1 aromatic rings. The Hall–Kier alpha value is -0.740. The average Bonchev–Trinajstić information content (AvgIpc) is 2.24. The smallest absolute Gasteiger partial charge is 0.137 e. The maximum atomic E-state index is 5.34. The van der Waals surface area contributed by atoms with E-state index in [2.05, 4.69) is 23.8 Å².